The minimum Gasteiger partial charge on any atom is -0.478 e. The number of rotatable bonds is 4. The second kappa shape index (κ2) is 5.45. The molecule has 15 heavy (non-hydrogen) atoms. The maximum absolute atomic E-state index is 11.4. The minimum atomic E-state index is -1.20. The first-order valence-electron chi connectivity index (χ1n) is 4.08. The number of halogens is 1. The van der Waals surface area contributed by atoms with Crippen LogP contribution < -0.4 is 0 Å². The predicted octanol–water partition coefficient (Wildman–Crippen LogP) is 1.33. The average molecular weight is 274 g/mol. The minimum absolute atomic E-state index is 0.155. The number of pyridine rings is 1. The van der Waals surface area contributed by atoms with Gasteiger partial charge < -0.3 is 9.84 Å². The molecule has 0 aliphatic rings. The summed E-state index contributed by atoms with van der Waals surface area (Å²) in [4.78, 5) is 25.8. The van der Waals surface area contributed by atoms with Crippen LogP contribution in [0.4, 0.5) is 0 Å². The normalized spacial score (nSPS) is 9.67. The number of carboxylic acids is 1. The number of carbonyl (C=O) groups is 2. The lowest BCUT2D eigenvalue weighted by Crippen LogP contribution is -2.14. The zero-order valence-electron chi connectivity index (χ0n) is 7.64. The summed E-state index contributed by atoms with van der Waals surface area (Å²) in [5.41, 5.74) is -0.331. The van der Waals surface area contributed by atoms with E-state index in [-0.39, 0.29) is 17.9 Å². The highest BCUT2D eigenvalue weighted by Gasteiger charge is 2.18. The lowest BCUT2D eigenvalue weighted by molar-refractivity contribution is 0.0512. The van der Waals surface area contributed by atoms with Crippen LogP contribution in [0, 0.1) is 0 Å². The standard InChI is InChI=1S/C9H8BrNO4/c10-3-5-15-9(14)7-6(8(12)13)2-1-4-11-7/h1-2,4H,3,5H2,(H,12,13). The van der Waals surface area contributed by atoms with E-state index in [9.17, 15) is 9.59 Å². The fourth-order valence-corrected chi connectivity index (χ4v) is 1.10. The maximum Gasteiger partial charge on any atom is 0.357 e. The third-order valence-electron chi connectivity index (χ3n) is 1.54. The Kier molecular flexibility index (Phi) is 4.23. The lowest BCUT2D eigenvalue weighted by atomic mass is 10.2. The Morgan fingerprint density at radius 1 is 1.53 bits per heavy atom. The van der Waals surface area contributed by atoms with Gasteiger partial charge in [-0.2, -0.15) is 0 Å². The van der Waals surface area contributed by atoms with E-state index in [1.807, 2.05) is 0 Å². The van der Waals surface area contributed by atoms with E-state index < -0.39 is 11.9 Å². The van der Waals surface area contributed by atoms with E-state index >= 15 is 0 Å². The molecule has 0 fully saturated rings. The highest BCUT2D eigenvalue weighted by Crippen LogP contribution is 2.07. The first kappa shape index (κ1) is 11.6. The van der Waals surface area contributed by atoms with Crippen molar-refractivity contribution in [2.75, 3.05) is 11.9 Å². The largest absolute Gasteiger partial charge is 0.478 e. The maximum atomic E-state index is 11.4. The summed E-state index contributed by atoms with van der Waals surface area (Å²) >= 11 is 3.08. The Labute approximate surface area is 94.2 Å². The summed E-state index contributed by atoms with van der Waals surface area (Å²) in [6.45, 7) is 0.175. The van der Waals surface area contributed by atoms with Gasteiger partial charge in [0.25, 0.3) is 0 Å². The molecule has 0 saturated heterocycles. The number of carboxylic acid groups (broad SMARTS) is 1. The quantitative estimate of drug-likeness (QED) is 0.662. The van der Waals surface area contributed by atoms with Gasteiger partial charge in [-0.1, -0.05) is 15.9 Å². The van der Waals surface area contributed by atoms with E-state index in [2.05, 4.69) is 20.9 Å². The van der Waals surface area contributed by atoms with Gasteiger partial charge >= 0.3 is 11.9 Å². The Hall–Kier alpha value is -1.43. The molecule has 1 aromatic heterocycles. The van der Waals surface area contributed by atoms with Crippen LogP contribution in [0.15, 0.2) is 18.3 Å². The van der Waals surface area contributed by atoms with Gasteiger partial charge in [0, 0.05) is 11.5 Å². The molecule has 0 aromatic carbocycles. The molecule has 0 spiro atoms. The van der Waals surface area contributed by atoms with Crippen LogP contribution in [0.25, 0.3) is 0 Å². The van der Waals surface area contributed by atoms with Gasteiger partial charge in [-0.3, -0.25) is 0 Å². The van der Waals surface area contributed by atoms with Crippen LogP contribution in [0.5, 0.6) is 0 Å². The zero-order chi connectivity index (χ0) is 11.3. The van der Waals surface area contributed by atoms with E-state index in [4.69, 9.17) is 9.84 Å². The number of aromatic nitrogens is 1. The third-order valence-corrected chi connectivity index (χ3v) is 1.87. The molecule has 1 aromatic rings. The Morgan fingerprint density at radius 2 is 2.27 bits per heavy atom. The number of carbonyl (C=O) groups excluding carboxylic acids is 1. The Balaban J connectivity index is 2.92. The van der Waals surface area contributed by atoms with Crippen molar-refractivity contribution in [1.82, 2.24) is 4.98 Å². The predicted molar refractivity (Wildman–Crippen MR) is 55.3 cm³/mol. The smallest absolute Gasteiger partial charge is 0.357 e. The van der Waals surface area contributed by atoms with Gasteiger partial charge in [-0.25, -0.2) is 14.6 Å². The highest BCUT2D eigenvalue weighted by atomic mass is 79.9. The first-order chi connectivity index (χ1) is 7.16. The molecule has 80 valence electrons. The van der Waals surface area contributed by atoms with Gasteiger partial charge in [0.1, 0.15) is 6.61 Å². The molecule has 0 bridgehead atoms. The number of nitrogens with zero attached hydrogens (tertiary/aromatic N) is 1. The molecule has 0 amide bonds. The van der Waals surface area contributed by atoms with E-state index in [1.165, 1.54) is 18.3 Å². The summed E-state index contributed by atoms with van der Waals surface area (Å²) in [5, 5.41) is 9.28. The lowest BCUT2D eigenvalue weighted by Gasteiger charge is -2.04. The number of aromatic carboxylic acids is 1. The number of esters is 1. The number of hydrogen-bond acceptors (Lipinski definition) is 4. The summed E-state index contributed by atoms with van der Waals surface area (Å²) < 4.78 is 4.76. The molecule has 0 aliphatic heterocycles. The molecule has 1 rings (SSSR count). The monoisotopic (exact) mass is 273 g/mol. The summed E-state index contributed by atoms with van der Waals surface area (Å²) in [6, 6.07) is 2.75. The fraction of sp³-hybridized carbons (Fsp3) is 0.222. The van der Waals surface area contributed by atoms with Crippen molar-refractivity contribution < 1.29 is 19.4 Å². The molecule has 0 radical (unpaired) electrons. The van der Waals surface area contributed by atoms with Gasteiger partial charge in [0.15, 0.2) is 5.69 Å². The van der Waals surface area contributed by atoms with Crippen molar-refractivity contribution >= 4 is 27.9 Å². The zero-order valence-corrected chi connectivity index (χ0v) is 9.23. The van der Waals surface area contributed by atoms with Crippen molar-refractivity contribution in [3.8, 4) is 0 Å². The molecular weight excluding hydrogens is 266 g/mol. The third kappa shape index (κ3) is 3.02. The van der Waals surface area contributed by atoms with Crippen LogP contribution in [0.1, 0.15) is 20.8 Å². The average Bonchev–Trinajstić information content (AvgIpc) is 2.25. The van der Waals surface area contributed by atoms with Gasteiger partial charge in [-0.05, 0) is 12.1 Å². The molecule has 1 heterocycles. The number of hydrogen-bond donors (Lipinski definition) is 1. The van der Waals surface area contributed by atoms with Crippen LogP contribution in [0.2, 0.25) is 0 Å². The molecule has 0 atom stereocenters. The van der Waals surface area contributed by atoms with Crippen LogP contribution >= 0.6 is 15.9 Å². The van der Waals surface area contributed by atoms with Gasteiger partial charge in [-0.15, -0.1) is 0 Å². The molecular formula is C9H8BrNO4. The molecule has 6 heteroatoms. The SMILES string of the molecule is O=C(O)c1cccnc1C(=O)OCCBr. The number of ether oxygens (including phenoxy) is 1. The molecule has 5 nitrogen and oxygen atoms in total. The number of alkyl halides is 1. The van der Waals surface area contributed by atoms with E-state index in [0.717, 1.165) is 0 Å². The molecule has 0 saturated carbocycles. The van der Waals surface area contributed by atoms with Crippen molar-refractivity contribution in [2.24, 2.45) is 0 Å². The van der Waals surface area contributed by atoms with Crippen molar-refractivity contribution in [2.45, 2.75) is 0 Å². The second-order valence-corrected chi connectivity index (χ2v) is 3.32. The van der Waals surface area contributed by atoms with E-state index in [0.29, 0.717) is 5.33 Å². The van der Waals surface area contributed by atoms with Crippen molar-refractivity contribution in [3.05, 3.63) is 29.6 Å². The fourth-order valence-electron chi connectivity index (χ4n) is 0.940. The van der Waals surface area contributed by atoms with Crippen molar-refractivity contribution in [1.29, 1.82) is 0 Å². The molecule has 0 aliphatic carbocycles. The van der Waals surface area contributed by atoms with Gasteiger partial charge in [0.2, 0.25) is 0 Å². The Morgan fingerprint density at radius 3 is 2.87 bits per heavy atom. The summed E-state index contributed by atoms with van der Waals surface area (Å²) in [5.74, 6) is -1.93. The topological polar surface area (TPSA) is 76.5 Å². The summed E-state index contributed by atoms with van der Waals surface area (Å²) in [7, 11) is 0. The van der Waals surface area contributed by atoms with Crippen LogP contribution in [-0.4, -0.2) is 34.0 Å². The van der Waals surface area contributed by atoms with Crippen LogP contribution in [0.3, 0.4) is 0 Å². The Bertz CT molecular complexity index is 380. The first-order valence-corrected chi connectivity index (χ1v) is 5.20. The molecule has 1 N–H and O–H groups in total. The van der Waals surface area contributed by atoms with Crippen molar-refractivity contribution in [3.63, 3.8) is 0 Å². The molecule has 0 unspecified atom stereocenters. The second-order valence-electron chi connectivity index (χ2n) is 2.53. The van der Waals surface area contributed by atoms with Gasteiger partial charge in [0.05, 0.1) is 5.56 Å². The van der Waals surface area contributed by atoms with E-state index in [1.54, 1.807) is 0 Å². The van der Waals surface area contributed by atoms with Crippen LogP contribution in [-0.2, 0) is 4.74 Å². The summed E-state index contributed by atoms with van der Waals surface area (Å²) in [6.07, 6.45) is 1.34. The highest BCUT2D eigenvalue weighted by molar-refractivity contribution is 9.09.